The highest BCUT2D eigenvalue weighted by molar-refractivity contribution is 5.42. The first kappa shape index (κ1) is 9.40. The van der Waals surface area contributed by atoms with Crippen LogP contribution in [0.5, 0.6) is 0 Å². The quantitative estimate of drug-likeness (QED) is 0.716. The standard InChI is InChI=1S/C10H16N4/c1-7(2)14-4-3-9-8(5-14)10(11)13-6-12-9/h6-7H,3-5H2,1-2H3,(H2,11,12,13). The molecule has 0 spiro atoms. The molecule has 1 aliphatic heterocycles. The average Bonchev–Trinajstić information content (AvgIpc) is 2.18. The molecule has 1 aliphatic rings. The van der Waals surface area contributed by atoms with E-state index < -0.39 is 0 Å². The Labute approximate surface area is 84.2 Å². The fourth-order valence-corrected chi connectivity index (χ4v) is 1.82. The van der Waals surface area contributed by atoms with Crippen LogP contribution in [0.15, 0.2) is 6.33 Å². The van der Waals surface area contributed by atoms with E-state index in [4.69, 9.17) is 5.73 Å². The summed E-state index contributed by atoms with van der Waals surface area (Å²) in [6, 6.07) is 0.558. The zero-order chi connectivity index (χ0) is 10.1. The molecule has 4 heteroatoms. The van der Waals surface area contributed by atoms with Gasteiger partial charge in [0.1, 0.15) is 12.1 Å². The predicted molar refractivity (Wildman–Crippen MR) is 55.7 cm³/mol. The highest BCUT2D eigenvalue weighted by Gasteiger charge is 2.21. The fraction of sp³-hybridized carbons (Fsp3) is 0.600. The normalized spacial score (nSPS) is 17.1. The number of nitrogens with two attached hydrogens (primary N) is 1. The van der Waals surface area contributed by atoms with Gasteiger partial charge in [0.2, 0.25) is 0 Å². The van der Waals surface area contributed by atoms with Crippen molar-refractivity contribution < 1.29 is 0 Å². The summed E-state index contributed by atoms with van der Waals surface area (Å²) in [5, 5.41) is 0. The number of fused-ring (bicyclic) bond motifs is 1. The Morgan fingerprint density at radius 1 is 1.43 bits per heavy atom. The van der Waals surface area contributed by atoms with E-state index in [2.05, 4.69) is 28.7 Å². The monoisotopic (exact) mass is 192 g/mol. The second-order valence-electron chi connectivity index (χ2n) is 4.00. The van der Waals surface area contributed by atoms with E-state index in [9.17, 15) is 0 Å². The molecule has 2 rings (SSSR count). The second-order valence-corrected chi connectivity index (χ2v) is 4.00. The number of nitrogens with zero attached hydrogens (tertiary/aromatic N) is 3. The first-order valence-electron chi connectivity index (χ1n) is 5.00. The van der Waals surface area contributed by atoms with Crippen LogP contribution in [0.25, 0.3) is 0 Å². The fourth-order valence-electron chi connectivity index (χ4n) is 1.82. The number of anilines is 1. The van der Waals surface area contributed by atoms with Crippen LogP contribution in [0.3, 0.4) is 0 Å². The van der Waals surface area contributed by atoms with E-state index in [0.29, 0.717) is 11.9 Å². The van der Waals surface area contributed by atoms with Crippen molar-refractivity contribution in [2.24, 2.45) is 0 Å². The first-order valence-corrected chi connectivity index (χ1v) is 5.00. The summed E-state index contributed by atoms with van der Waals surface area (Å²) >= 11 is 0. The van der Waals surface area contributed by atoms with E-state index in [0.717, 1.165) is 30.8 Å². The van der Waals surface area contributed by atoms with E-state index >= 15 is 0 Å². The lowest BCUT2D eigenvalue weighted by Crippen LogP contribution is -2.36. The lowest BCUT2D eigenvalue weighted by atomic mass is 10.1. The maximum absolute atomic E-state index is 5.83. The Morgan fingerprint density at radius 2 is 2.21 bits per heavy atom. The summed E-state index contributed by atoms with van der Waals surface area (Å²) < 4.78 is 0. The third kappa shape index (κ3) is 1.57. The summed E-state index contributed by atoms with van der Waals surface area (Å²) in [5.74, 6) is 0.639. The zero-order valence-corrected chi connectivity index (χ0v) is 8.70. The molecule has 14 heavy (non-hydrogen) atoms. The minimum atomic E-state index is 0.558. The molecule has 76 valence electrons. The van der Waals surface area contributed by atoms with Crippen molar-refractivity contribution in [1.82, 2.24) is 14.9 Å². The van der Waals surface area contributed by atoms with Gasteiger partial charge in [0.15, 0.2) is 0 Å². The minimum Gasteiger partial charge on any atom is -0.383 e. The van der Waals surface area contributed by atoms with Gasteiger partial charge in [-0.05, 0) is 13.8 Å². The van der Waals surface area contributed by atoms with Crippen LogP contribution in [0.4, 0.5) is 5.82 Å². The van der Waals surface area contributed by atoms with Gasteiger partial charge in [-0.3, -0.25) is 4.90 Å². The van der Waals surface area contributed by atoms with Crippen molar-refractivity contribution in [2.75, 3.05) is 12.3 Å². The van der Waals surface area contributed by atoms with Crippen LogP contribution in [0.1, 0.15) is 25.1 Å². The molecule has 0 bridgehead atoms. The van der Waals surface area contributed by atoms with E-state index in [1.54, 1.807) is 6.33 Å². The molecule has 1 aromatic rings. The first-order chi connectivity index (χ1) is 6.68. The SMILES string of the molecule is CC(C)N1CCc2ncnc(N)c2C1. The second kappa shape index (κ2) is 3.53. The van der Waals surface area contributed by atoms with Crippen LogP contribution < -0.4 is 5.73 Å². The number of rotatable bonds is 1. The molecule has 0 saturated carbocycles. The summed E-state index contributed by atoms with van der Waals surface area (Å²) in [7, 11) is 0. The smallest absolute Gasteiger partial charge is 0.131 e. The number of nitrogen functional groups attached to an aromatic ring is 1. The van der Waals surface area contributed by atoms with Crippen molar-refractivity contribution >= 4 is 5.82 Å². The van der Waals surface area contributed by atoms with Gasteiger partial charge in [-0.15, -0.1) is 0 Å². The molecule has 0 saturated heterocycles. The van der Waals surface area contributed by atoms with Gasteiger partial charge in [0, 0.05) is 31.1 Å². The maximum atomic E-state index is 5.83. The Morgan fingerprint density at radius 3 is 2.93 bits per heavy atom. The zero-order valence-electron chi connectivity index (χ0n) is 8.70. The van der Waals surface area contributed by atoms with Gasteiger partial charge >= 0.3 is 0 Å². The molecule has 1 aromatic heterocycles. The molecule has 0 unspecified atom stereocenters. The third-order valence-corrected chi connectivity index (χ3v) is 2.80. The lowest BCUT2D eigenvalue weighted by molar-refractivity contribution is 0.202. The van der Waals surface area contributed by atoms with Crippen molar-refractivity contribution in [1.29, 1.82) is 0 Å². The van der Waals surface area contributed by atoms with Gasteiger partial charge in [0.25, 0.3) is 0 Å². The number of hydrogen-bond donors (Lipinski definition) is 1. The van der Waals surface area contributed by atoms with Crippen LogP contribution in [0.2, 0.25) is 0 Å². The van der Waals surface area contributed by atoms with Gasteiger partial charge in [-0.2, -0.15) is 0 Å². The third-order valence-electron chi connectivity index (χ3n) is 2.80. The maximum Gasteiger partial charge on any atom is 0.131 e. The molecule has 0 radical (unpaired) electrons. The molecule has 4 nitrogen and oxygen atoms in total. The highest BCUT2D eigenvalue weighted by atomic mass is 15.2. The predicted octanol–water partition coefficient (Wildman–Crippen LogP) is 0.825. The van der Waals surface area contributed by atoms with Crippen LogP contribution in [-0.2, 0) is 13.0 Å². The molecule has 0 atom stereocenters. The summed E-state index contributed by atoms with van der Waals surface area (Å²) in [5.41, 5.74) is 8.06. The number of hydrogen-bond acceptors (Lipinski definition) is 4. The average molecular weight is 192 g/mol. The minimum absolute atomic E-state index is 0.558. The van der Waals surface area contributed by atoms with Crippen LogP contribution in [-0.4, -0.2) is 27.5 Å². The Bertz CT molecular complexity index is 335. The molecule has 0 aromatic carbocycles. The van der Waals surface area contributed by atoms with Crippen LogP contribution in [0, 0.1) is 0 Å². The van der Waals surface area contributed by atoms with E-state index in [1.165, 1.54) is 0 Å². The topological polar surface area (TPSA) is 55.0 Å². The molecule has 2 N–H and O–H groups in total. The molecule has 0 aliphatic carbocycles. The van der Waals surface area contributed by atoms with Crippen LogP contribution >= 0.6 is 0 Å². The summed E-state index contributed by atoms with van der Waals surface area (Å²) in [6.07, 6.45) is 2.54. The molecular formula is C10H16N4. The van der Waals surface area contributed by atoms with Crippen molar-refractivity contribution in [2.45, 2.75) is 32.9 Å². The summed E-state index contributed by atoms with van der Waals surface area (Å²) in [6.45, 7) is 6.36. The largest absolute Gasteiger partial charge is 0.383 e. The van der Waals surface area contributed by atoms with Gasteiger partial charge < -0.3 is 5.73 Å². The lowest BCUT2D eigenvalue weighted by Gasteiger charge is -2.31. The molecule has 0 fully saturated rings. The van der Waals surface area contributed by atoms with Crippen molar-refractivity contribution in [3.8, 4) is 0 Å². The van der Waals surface area contributed by atoms with Crippen molar-refractivity contribution in [3.63, 3.8) is 0 Å². The molecule has 0 amide bonds. The Balaban J connectivity index is 2.29. The van der Waals surface area contributed by atoms with Gasteiger partial charge in [-0.1, -0.05) is 0 Å². The highest BCUT2D eigenvalue weighted by Crippen LogP contribution is 2.21. The Hall–Kier alpha value is -1.16. The van der Waals surface area contributed by atoms with Gasteiger partial charge in [0.05, 0.1) is 5.69 Å². The molecular weight excluding hydrogens is 176 g/mol. The summed E-state index contributed by atoms with van der Waals surface area (Å²) in [4.78, 5) is 10.7. The number of aromatic nitrogens is 2. The van der Waals surface area contributed by atoms with Crippen molar-refractivity contribution in [3.05, 3.63) is 17.6 Å². The van der Waals surface area contributed by atoms with Gasteiger partial charge in [-0.25, -0.2) is 9.97 Å². The Kier molecular flexibility index (Phi) is 2.37. The van der Waals surface area contributed by atoms with E-state index in [-0.39, 0.29) is 0 Å². The van der Waals surface area contributed by atoms with E-state index in [1.807, 2.05) is 0 Å². The molecule has 2 heterocycles.